The van der Waals surface area contributed by atoms with Crippen LogP contribution < -0.4 is 0 Å². The highest BCUT2D eigenvalue weighted by Gasteiger charge is 2.24. The second-order valence-electron chi connectivity index (χ2n) is 3.54. The molecule has 2 heterocycles. The predicted octanol–water partition coefficient (Wildman–Crippen LogP) is 2.50. The maximum atomic E-state index is 6.10. The molecule has 0 N–H and O–H groups in total. The average molecular weight is 197 g/mol. The lowest BCUT2D eigenvalue weighted by Crippen LogP contribution is -2.17. The molecular formula is C10H13ClN2. The fourth-order valence-electron chi connectivity index (χ4n) is 1.94. The van der Waals surface area contributed by atoms with Crippen molar-refractivity contribution in [2.24, 2.45) is 0 Å². The topological polar surface area (TPSA) is 16.1 Å². The highest BCUT2D eigenvalue weighted by Crippen LogP contribution is 2.33. The minimum atomic E-state index is 0.473. The molecule has 1 aliphatic heterocycles. The van der Waals surface area contributed by atoms with E-state index in [0.29, 0.717) is 6.04 Å². The molecule has 1 atom stereocenters. The zero-order valence-electron chi connectivity index (χ0n) is 7.70. The zero-order valence-corrected chi connectivity index (χ0v) is 8.46. The summed E-state index contributed by atoms with van der Waals surface area (Å²) in [6.45, 7) is 1.16. The quantitative estimate of drug-likeness (QED) is 0.686. The molecule has 1 aliphatic rings. The normalized spacial score (nSPS) is 23.7. The Morgan fingerprint density at radius 3 is 3.08 bits per heavy atom. The van der Waals surface area contributed by atoms with Crippen LogP contribution in [0.5, 0.6) is 0 Å². The van der Waals surface area contributed by atoms with Crippen LogP contribution in [0.2, 0.25) is 5.02 Å². The van der Waals surface area contributed by atoms with E-state index in [1.807, 2.05) is 12.3 Å². The van der Waals surface area contributed by atoms with Gasteiger partial charge in [0.1, 0.15) is 0 Å². The molecule has 1 aromatic heterocycles. The van der Waals surface area contributed by atoms with Crippen molar-refractivity contribution in [1.82, 2.24) is 9.88 Å². The molecule has 3 heteroatoms. The van der Waals surface area contributed by atoms with Gasteiger partial charge in [0.15, 0.2) is 0 Å². The first-order chi connectivity index (χ1) is 6.29. The first-order valence-electron chi connectivity index (χ1n) is 4.58. The van der Waals surface area contributed by atoms with Crippen molar-refractivity contribution in [3.63, 3.8) is 0 Å². The van der Waals surface area contributed by atoms with Gasteiger partial charge in [0.25, 0.3) is 0 Å². The van der Waals surface area contributed by atoms with Crippen molar-refractivity contribution in [3.05, 3.63) is 29.0 Å². The Bertz CT molecular complexity index is 301. The standard InChI is InChI=1S/C10H13ClN2/c1-13-6-2-3-10(13)8-7-12-5-4-9(8)11/h4-5,7,10H,2-3,6H2,1H3. The van der Waals surface area contributed by atoms with Gasteiger partial charge >= 0.3 is 0 Å². The molecule has 0 aliphatic carbocycles. The molecule has 1 fully saturated rings. The molecule has 1 aromatic rings. The first-order valence-corrected chi connectivity index (χ1v) is 4.96. The van der Waals surface area contributed by atoms with Gasteiger partial charge in [-0.15, -0.1) is 0 Å². The van der Waals surface area contributed by atoms with Gasteiger partial charge in [-0.25, -0.2) is 0 Å². The van der Waals surface area contributed by atoms with Crippen LogP contribution in [0.3, 0.4) is 0 Å². The van der Waals surface area contributed by atoms with E-state index in [1.165, 1.54) is 18.4 Å². The minimum Gasteiger partial charge on any atom is -0.299 e. The van der Waals surface area contributed by atoms with Crippen molar-refractivity contribution in [2.45, 2.75) is 18.9 Å². The van der Waals surface area contributed by atoms with Gasteiger partial charge < -0.3 is 0 Å². The lowest BCUT2D eigenvalue weighted by atomic mass is 10.1. The van der Waals surface area contributed by atoms with Gasteiger partial charge in [0, 0.05) is 29.0 Å². The summed E-state index contributed by atoms with van der Waals surface area (Å²) in [6, 6.07) is 2.34. The Hall–Kier alpha value is -0.600. The van der Waals surface area contributed by atoms with Crippen LogP contribution in [0.4, 0.5) is 0 Å². The number of nitrogens with zero attached hydrogens (tertiary/aromatic N) is 2. The SMILES string of the molecule is CN1CCCC1c1cnccc1Cl. The molecule has 0 spiro atoms. The van der Waals surface area contributed by atoms with E-state index < -0.39 is 0 Å². The summed E-state index contributed by atoms with van der Waals surface area (Å²) in [7, 11) is 2.14. The number of aromatic nitrogens is 1. The molecule has 13 heavy (non-hydrogen) atoms. The molecule has 0 radical (unpaired) electrons. The molecule has 0 amide bonds. The highest BCUT2D eigenvalue weighted by molar-refractivity contribution is 6.31. The summed E-state index contributed by atoms with van der Waals surface area (Å²) in [5.41, 5.74) is 1.17. The van der Waals surface area contributed by atoms with E-state index in [9.17, 15) is 0 Å². The minimum absolute atomic E-state index is 0.473. The fourth-order valence-corrected chi connectivity index (χ4v) is 2.17. The third kappa shape index (κ3) is 1.69. The highest BCUT2D eigenvalue weighted by atomic mass is 35.5. The second kappa shape index (κ2) is 3.64. The van der Waals surface area contributed by atoms with Crippen molar-refractivity contribution >= 4 is 11.6 Å². The third-order valence-electron chi connectivity index (χ3n) is 2.68. The largest absolute Gasteiger partial charge is 0.299 e. The van der Waals surface area contributed by atoms with Gasteiger partial charge in [0.05, 0.1) is 0 Å². The average Bonchev–Trinajstić information content (AvgIpc) is 2.52. The lowest BCUT2D eigenvalue weighted by Gasteiger charge is -2.20. The van der Waals surface area contributed by atoms with Crippen molar-refractivity contribution in [3.8, 4) is 0 Å². The number of halogens is 1. The molecule has 2 nitrogen and oxygen atoms in total. The summed E-state index contributed by atoms with van der Waals surface area (Å²) in [4.78, 5) is 6.45. The Kier molecular flexibility index (Phi) is 2.51. The second-order valence-corrected chi connectivity index (χ2v) is 3.94. The van der Waals surface area contributed by atoms with Crippen LogP contribution in [-0.4, -0.2) is 23.5 Å². The lowest BCUT2D eigenvalue weighted by molar-refractivity contribution is 0.317. The monoisotopic (exact) mass is 196 g/mol. The van der Waals surface area contributed by atoms with Crippen LogP contribution in [0, 0.1) is 0 Å². The van der Waals surface area contributed by atoms with E-state index in [2.05, 4.69) is 16.9 Å². The number of likely N-dealkylation sites (tertiary alicyclic amines) is 1. The van der Waals surface area contributed by atoms with Crippen LogP contribution in [0.15, 0.2) is 18.5 Å². The van der Waals surface area contributed by atoms with Crippen LogP contribution in [0.1, 0.15) is 24.4 Å². The number of pyridine rings is 1. The number of rotatable bonds is 1. The summed E-state index contributed by atoms with van der Waals surface area (Å²) < 4.78 is 0. The molecule has 0 saturated carbocycles. The summed E-state index contributed by atoms with van der Waals surface area (Å²) in [6.07, 6.45) is 6.07. The van der Waals surface area contributed by atoms with Crippen LogP contribution >= 0.6 is 11.6 Å². The van der Waals surface area contributed by atoms with E-state index in [4.69, 9.17) is 11.6 Å². The van der Waals surface area contributed by atoms with Gasteiger partial charge in [-0.3, -0.25) is 9.88 Å². The molecular weight excluding hydrogens is 184 g/mol. The van der Waals surface area contributed by atoms with Gasteiger partial charge in [0.2, 0.25) is 0 Å². The van der Waals surface area contributed by atoms with Crippen molar-refractivity contribution in [2.75, 3.05) is 13.6 Å². The molecule has 0 bridgehead atoms. The van der Waals surface area contributed by atoms with Crippen LogP contribution in [-0.2, 0) is 0 Å². The van der Waals surface area contributed by atoms with E-state index in [1.54, 1.807) is 6.20 Å². The number of hydrogen-bond acceptors (Lipinski definition) is 2. The summed E-state index contributed by atoms with van der Waals surface area (Å²) in [5.74, 6) is 0. The maximum Gasteiger partial charge on any atom is 0.0484 e. The Balaban J connectivity index is 2.29. The van der Waals surface area contributed by atoms with E-state index >= 15 is 0 Å². The van der Waals surface area contributed by atoms with E-state index in [0.717, 1.165) is 11.6 Å². The maximum absolute atomic E-state index is 6.10. The Morgan fingerprint density at radius 2 is 2.46 bits per heavy atom. The zero-order chi connectivity index (χ0) is 9.26. The molecule has 1 unspecified atom stereocenters. The molecule has 2 rings (SSSR count). The molecule has 70 valence electrons. The predicted molar refractivity (Wildman–Crippen MR) is 53.9 cm³/mol. The summed E-state index contributed by atoms with van der Waals surface area (Å²) in [5, 5.41) is 0.841. The number of hydrogen-bond donors (Lipinski definition) is 0. The smallest absolute Gasteiger partial charge is 0.0484 e. The van der Waals surface area contributed by atoms with Gasteiger partial charge in [-0.1, -0.05) is 11.6 Å². The van der Waals surface area contributed by atoms with Crippen molar-refractivity contribution in [1.29, 1.82) is 0 Å². The Labute approximate surface area is 83.5 Å². The van der Waals surface area contributed by atoms with E-state index in [-0.39, 0.29) is 0 Å². The van der Waals surface area contributed by atoms with Crippen LogP contribution in [0.25, 0.3) is 0 Å². The third-order valence-corrected chi connectivity index (χ3v) is 3.02. The molecule has 0 aromatic carbocycles. The Morgan fingerprint density at radius 1 is 1.62 bits per heavy atom. The molecule has 1 saturated heterocycles. The first kappa shape index (κ1) is 8.97. The van der Waals surface area contributed by atoms with Crippen molar-refractivity contribution < 1.29 is 0 Å². The van der Waals surface area contributed by atoms with Gasteiger partial charge in [-0.05, 0) is 32.5 Å². The van der Waals surface area contributed by atoms with Gasteiger partial charge in [-0.2, -0.15) is 0 Å². The fraction of sp³-hybridized carbons (Fsp3) is 0.500. The summed E-state index contributed by atoms with van der Waals surface area (Å²) >= 11 is 6.10.